The quantitative estimate of drug-likeness (QED) is 0.467. The Morgan fingerprint density at radius 2 is 0.781 bits per heavy atom. The molecule has 4 aliphatic heterocycles. The molecule has 0 atom stereocenters. The Bertz CT molecular complexity index is 1070. The number of amides is 4. The van der Waals surface area contributed by atoms with E-state index in [2.05, 4.69) is 0 Å². The molecule has 166 valence electrons. The number of nitrogens with zero attached hydrogens (tertiary/aromatic N) is 4. The minimum absolute atomic E-state index is 0.00743. The number of aromatic hydroxyl groups is 4. The van der Waals surface area contributed by atoms with Gasteiger partial charge >= 0.3 is 12.1 Å². The Balaban J connectivity index is 1.61. The van der Waals surface area contributed by atoms with E-state index in [0.717, 1.165) is 0 Å². The minimum Gasteiger partial charge on any atom is -0.508 e. The van der Waals surface area contributed by atoms with E-state index in [9.17, 15) is 30.0 Å². The van der Waals surface area contributed by atoms with Crippen molar-refractivity contribution in [2.75, 3.05) is 0 Å². The van der Waals surface area contributed by atoms with Gasteiger partial charge in [0.2, 0.25) is 0 Å². The fourth-order valence-electron chi connectivity index (χ4n) is 5.91. The van der Waals surface area contributed by atoms with Crippen molar-refractivity contribution in [1.82, 2.24) is 19.6 Å². The van der Waals surface area contributed by atoms with Crippen LogP contribution in [-0.4, -0.2) is 63.4 Å². The number of phenols is 4. The third kappa shape index (κ3) is 1.83. The molecule has 2 aromatic rings. The molecule has 0 aliphatic carbocycles. The SMILES string of the molecule is C[C@]12N3Cc4c(O)ccc(O)c4CN1C(=O)N1Cc4c(O)ccc(O)c4CN(C3=O)[C@]12C. The Hall–Kier alpha value is -3.82. The van der Waals surface area contributed by atoms with E-state index in [4.69, 9.17) is 0 Å². The van der Waals surface area contributed by atoms with Crippen LogP contribution < -0.4 is 0 Å². The standard InChI is InChI=1S/C22H22N4O6/c1-21-22(2)25-9-13-14(18(30)6-5-17(13)29)10-26(22)20(32)24(21)8-12-11(7-23(21)19(25)31)15(27)3-4-16(12)28/h3-6,27-30H,7-10H2,1-2H3/t21-,22+. The molecule has 0 bridgehead atoms. The van der Waals surface area contributed by atoms with E-state index in [1.54, 1.807) is 33.4 Å². The number of rotatable bonds is 0. The van der Waals surface area contributed by atoms with Gasteiger partial charge in [0.1, 0.15) is 23.0 Å². The van der Waals surface area contributed by atoms with Gasteiger partial charge in [-0.15, -0.1) is 0 Å². The molecule has 2 fully saturated rings. The number of benzene rings is 2. The molecule has 4 amide bonds. The molecular formula is C22H22N4O6. The van der Waals surface area contributed by atoms with Gasteiger partial charge in [-0.25, -0.2) is 9.59 Å². The van der Waals surface area contributed by atoms with Crippen LogP contribution in [-0.2, 0) is 26.2 Å². The number of hydrogen-bond donors (Lipinski definition) is 4. The summed E-state index contributed by atoms with van der Waals surface area (Å²) in [7, 11) is 0. The third-order valence-electron chi connectivity index (χ3n) is 7.95. The molecule has 2 saturated heterocycles. The van der Waals surface area contributed by atoms with E-state index in [1.807, 2.05) is 0 Å². The molecule has 32 heavy (non-hydrogen) atoms. The first-order chi connectivity index (χ1) is 15.1. The summed E-state index contributed by atoms with van der Waals surface area (Å²) in [6.45, 7) is 3.64. The molecule has 4 N–H and O–H groups in total. The van der Waals surface area contributed by atoms with Crippen molar-refractivity contribution in [2.24, 2.45) is 0 Å². The molecule has 10 nitrogen and oxygen atoms in total. The number of hydrogen-bond acceptors (Lipinski definition) is 6. The van der Waals surface area contributed by atoms with Gasteiger partial charge in [-0.05, 0) is 38.1 Å². The predicted molar refractivity (Wildman–Crippen MR) is 109 cm³/mol. The van der Waals surface area contributed by atoms with E-state index < -0.39 is 11.3 Å². The molecule has 0 aromatic heterocycles. The summed E-state index contributed by atoms with van der Waals surface area (Å²) in [4.78, 5) is 33.7. The van der Waals surface area contributed by atoms with E-state index in [-0.39, 0.29) is 61.2 Å². The topological polar surface area (TPSA) is 128 Å². The summed E-state index contributed by atoms with van der Waals surface area (Å²) < 4.78 is 0. The lowest BCUT2D eigenvalue weighted by Gasteiger charge is -2.44. The van der Waals surface area contributed by atoms with Crippen LogP contribution in [0, 0.1) is 0 Å². The fourth-order valence-corrected chi connectivity index (χ4v) is 5.91. The number of urea groups is 2. The molecule has 0 radical (unpaired) electrons. The lowest BCUT2D eigenvalue weighted by Crippen LogP contribution is -2.63. The molecule has 6 rings (SSSR count). The van der Waals surface area contributed by atoms with Crippen LogP contribution in [0.25, 0.3) is 0 Å². The number of fused-ring (bicyclic) bond motifs is 2. The molecular weight excluding hydrogens is 416 g/mol. The highest BCUT2D eigenvalue weighted by molar-refractivity contribution is 5.89. The zero-order valence-electron chi connectivity index (χ0n) is 17.5. The monoisotopic (exact) mass is 438 g/mol. The first-order valence-corrected chi connectivity index (χ1v) is 10.3. The third-order valence-corrected chi connectivity index (χ3v) is 7.95. The summed E-state index contributed by atoms with van der Waals surface area (Å²) in [5.74, 6) is -0.223. The van der Waals surface area contributed by atoms with Crippen molar-refractivity contribution in [1.29, 1.82) is 0 Å². The van der Waals surface area contributed by atoms with Crippen molar-refractivity contribution in [3.63, 3.8) is 0 Å². The van der Waals surface area contributed by atoms with Crippen LogP contribution in [0.5, 0.6) is 23.0 Å². The maximum absolute atomic E-state index is 13.8. The van der Waals surface area contributed by atoms with Gasteiger partial charge in [-0.2, -0.15) is 0 Å². The van der Waals surface area contributed by atoms with Gasteiger partial charge in [0.25, 0.3) is 0 Å². The van der Waals surface area contributed by atoms with Gasteiger partial charge in [-0.3, -0.25) is 19.6 Å². The summed E-state index contributed by atoms with van der Waals surface area (Å²) in [5.41, 5.74) is -0.671. The maximum Gasteiger partial charge on any atom is 0.324 e. The van der Waals surface area contributed by atoms with Crippen molar-refractivity contribution in [3.8, 4) is 23.0 Å². The molecule has 10 heteroatoms. The first-order valence-electron chi connectivity index (χ1n) is 10.3. The average molecular weight is 438 g/mol. The Morgan fingerprint density at radius 3 is 1.00 bits per heavy atom. The largest absolute Gasteiger partial charge is 0.508 e. The maximum atomic E-state index is 13.8. The lowest BCUT2D eigenvalue weighted by atomic mass is 9.95. The van der Waals surface area contributed by atoms with E-state index in [0.29, 0.717) is 22.3 Å². The summed E-state index contributed by atoms with van der Waals surface area (Å²) in [6, 6.07) is 4.75. The fraction of sp³-hybridized carbons (Fsp3) is 0.364. The zero-order chi connectivity index (χ0) is 22.7. The predicted octanol–water partition coefficient (Wildman–Crippen LogP) is 2.14. The number of carbonyl (C=O) groups is 2. The van der Waals surface area contributed by atoms with E-state index in [1.165, 1.54) is 24.3 Å². The molecule has 4 heterocycles. The van der Waals surface area contributed by atoms with E-state index >= 15 is 0 Å². The second-order valence-corrected chi connectivity index (χ2v) is 9.07. The smallest absolute Gasteiger partial charge is 0.324 e. The Kier molecular flexibility index (Phi) is 3.25. The normalized spacial score (nSPS) is 27.8. The van der Waals surface area contributed by atoms with Crippen molar-refractivity contribution in [2.45, 2.75) is 51.4 Å². The highest BCUT2D eigenvalue weighted by Gasteiger charge is 2.75. The summed E-state index contributed by atoms with van der Waals surface area (Å²) in [5, 5.41) is 42.0. The van der Waals surface area contributed by atoms with Gasteiger partial charge in [0.05, 0.1) is 26.2 Å². The number of phenolic OH excluding ortho intramolecular Hbond substituents is 4. The first kappa shape index (κ1) is 18.9. The Morgan fingerprint density at radius 1 is 0.562 bits per heavy atom. The van der Waals surface area contributed by atoms with Gasteiger partial charge in [-0.1, -0.05) is 0 Å². The lowest BCUT2D eigenvalue weighted by molar-refractivity contribution is -0.0429. The van der Waals surface area contributed by atoms with Crippen LogP contribution in [0.4, 0.5) is 9.59 Å². The molecule has 2 aromatic carbocycles. The summed E-state index contributed by atoms with van der Waals surface area (Å²) >= 11 is 0. The van der Waals surface area contributed by atoms with Crippen LogP contribution in [0.3, 0.4) is 0 Å². The van der Waals surface area contributed by atoms with Crippen LogP contribution in [0.15, 0.2) is 24.3 Å². The summed E-state index contributed by atoms with van der Waals surface area (Å²) in [6.07, 6.45) is 0. The Labute approximate surface area is 183 Å². The van der Waals surface area contributed by atoms with Crippen LogP contribution in [0.1, 0.15) is 36.1 Å². The van der Waals surface area contributed by atoms with Crippen LogP contribution in [0.2, 0.25) is 0 Å². The van der Waals surface area contributed by atoms with Crippen molar-refractivity contribution >= 4 is 12.1 Å². The van der Waals surface area contributed by atoms with Gasteiger partial charge in [0.15, 0.2) is 11.3 Å². The average Bonchev–Trinajstić information content (AvgIpc) is 2.93. The second-order valence-electron chi connectivity index (χ2n) is 9.07. The molecule has 0 saturated carbocycles. The highest BCUT2D eigenvalue weighted by Crippen LogP contribution is 2.57. The van der Waals surface area contributed by atoms with Crippen LogP contribution >= 0.6 is 0 Å². The number of carbonyl (C=O) groups excluding carboxylic acids is 2. The molecule has 4 aliphatic rings. The highest BCUT2D eigenvalue weighted by atomic mass is 16.3. The van der Waals surface area contributed by atoms with Gasteiger partial charge in [0, 0.05) is 22.3 Å². The molecule has 0 unspecified atom stereocenters. The minimum atomic E-state index is -1.13. The van der Waals surface area contributed by atoms with Crippen molar-refractivity contribution in [3.05, 3.63) is 46.5 Å². The molecule has 0 spiro atoms. The second kappa shape index (κ2) is 5.50. The zero-order valence-corrected chi connectivity index (χ0v) is 17.5. The van der Waals surface area contributed by atoms with Gasteiger partial charge < -0.3 is 20.4 Å². The van der Waals surface area contributed by atoms with Crippen molar-refractivity contribution < 1.29 is 30.0 Å².